The molecule has 0 aliphatic rings. The van der Waals surface area contributed by atoms with E-state index >= 15 is 0 Å². The Bertz CT molecular complexity index is 579. The molecule has 0 aliphatic carbocycles. The van der Waals surface area contributed by atoms with Crippen molar-refractivity contribution < 1.29 is 27.2 Å². The zero-order chi connectivity index (χ0) is 15.2. The van der Waals surface area contributed by atoms with E-state index in [0.717, 1.165) is 12.1 Å². The third-order valence-corrected chi connectivity index (χ3v) is 3.21. The number of hydrogen-bond acceptors (Lipinski definition) is 6. The summed E-state index contributed by atoms with van der Waals surface area (Å²) < 4.78 is 44.4. The minimum atomic E-state index is -3.63. The lowest BCUT2D eigenvalue weighted by Gasteiger charge is -2.07. The second kappa shape index (κ2) is 7.36. The molecule has 1 aromatic carbocycles. The predicted octanol–water partition coefficient (Wildman–Crippen LogP) is 1.70. The molecular formula is C10H11ClFNO6S. The average molecular weight is 328 g/mol. The van der Waals surface area contributed by atoms with Gasteiger partial charge in [-0.2, -0.15) is 0 Å². The first kappa shape index (κ1) is 16.6. The monoisotopic (exact) mass is 327 g/mol. The molecular weight excluding hydrogens is 317 g/mol. The van der Waals surface area contributed by atoms with Crippen LogP contribution in [0.5, 0.6) is 5.75 Å². The third-order valence-electron chi connectivity index (χ3n) is 2.09. The van der Waals surface area contributed by atoms with Crippen molar-refractivity contribution >= 4 is 25.4 Å². The predicted molar refractivity (Wildman–Crippen MR) is 69.0 cm³/mol. The lowest BCUT2D eigenvalue weighted by atomic mass is 10.3. The van der Waals surface area contributed by atoms with E-state index in [4.69, 9.17) is 20.2 Å². The van der Waals surface area contributed by atoms with Crippen molar-refractivity contribution in [2.75, 3.05) is 25.6 Å². The molecule has 0 atom stereocenters. The molecule has 0 spiro atoms. The maximum absolute atomic E-state index is 13.4. The fraction of sp³-hybridized carbons (Fsp3) is 0.400. The summed E-state index contributed by atoms with van der Waals surface area (Å²) in [5.41, 5.74) is -0.492. The van der Waals surface area contributed by atoms with Crippen molar-refractivity contribution in [3.63, 3.8) is 0 Å². The fourth-order valence-electron chi connectivity index (χ4n) is 1.25. The van der Waals surface area contributed by atoms with Crippen molar-refractivity contribution in [3.8, 4) is 5.75 Å². The van der Waals surface area contributed by atoms with Gasteiger partial charge < -0.3 is 9.47 Å². The Morgan fingerprint density at radius 2 is 2.00 bits per heavy atom. The number of halogens is 2. The SMILES string of the molecule is O=[N+]([O-])c1cccc(F)c1OCCOCCS(=O)(=O)Cl. The van der Waals surface area contributed by atoms with Crippen LogP contribution in [0.4, 0.5) is 10.1 Å². The van der Waals surface area contributed by atoms with Gasteiger partial charge in [-0.05, 0) is 6.07 Å². The van der Waals surface area contributed by atoms with Gasteiger partial charge >= 0.3 is 5.69 Å². The van der Waals surface area contributed by atoms with Crippen LogP contribution in [0.1, 0.15) is 0 Å². The molecule has 0 radical (unpaired) electrons. The van der Waals surface area contributed by atoms with Gasteiger partial charge in [0.25, 0.3) is 0 Å². The number of nitro benzene ring substituents is 1. The van der Waals surface area contributed by atoms with Gasteiger partial charge in [-0.3, -0.25) is 10.1 Å². The Kier molecular flexibility index (Phi) is 6.11. The third kappa shape index (κ3) is 5.68. The molecule has 0 saturated carbocycles. The number of nitro groups is 1. The van der Waals surface area contributed by atoms with E-state index in [2.05, 4.69) is 0 Å². The topological polar surface area (TPSA) is 95.7 Å². The molecule has 112 valence electrons. The van der Waals surface area contributed by atoms with Gasteiger partial charge in [-0.25, -0.2) is 12.8 Å². The lowest BCUT2D eigenvalue weighted by molar-refractivity contribution is -0.386. The summed E-state index contributed by atoms with van der Waals surface area (Å²) in [6, 6.07) is 3.34. The molecule has 0 unspecified atom stereocenters. The van der Waals surface area contributed by atoms with Crippen molar-refractivity contribution in [1.82, 2.24) is 0 Å². The molecule has 0 aliphatic heterocycles. The van der Waals surface area contributed by atoms with Crippen LogP contribution in [-0.4, -0.2) is 38.9 Å². The van der Waals surface area contributed by atoms with Gasteiger partial charge in [-0.1, -0.05) is 6.07 Å². The molecule has 0 aromatic heterocycles. The van der Waals surface area contributed by atoms with Crippen LogP contribution in [-0.2, 0) is 13.8 Å². The first-order valence-corrected chi connectivity index (χ1v) is 7.85. The number of para-hydroxylation sites is 1. The van der Waals surface area contributed by atoms with Gasteiger partial charge in [0.1, 0.15) is 6.61 Å². The smallest absolute Gasteiger partial charge is 0.314 e. The fourth-order valence-corrected chi connectivity index (χ4v) is 1.75. The van der Waals surface area contributed by atoms with E-state index in [1.807, 2.05) is 0 Å². The number of ether oxygens (including phenoxy) is 2. The minimum Gasteiger partial charge on any atom is -0.482 e. The maximum atomic E-state index is 13.4. The molecule has 0 amide bonds. The Balaban J connectivity index is 2.45. The van der Waals surface area contributed by atoms with Crippen LogP contribution in [0, 0.1) is 15.9 Å². The minimum absolute atomic E-state index is 0.0576. The molecule has 0 fully saturated rings. The van der Waals surface area contributed by atoms with Crippen molar-refractivity contribution in [1.29, 1.82) is 0 Å². The zero-order valence-corrected chi connectivity index (χ0v) is 11.7. The molecule has 1 aromatic rings. The number of benzene rings is 1. The number of rotatable bonds is 8. The quantitative estimate of drug-likeness (QED) is 0.312. The Morgan fingerprint density at radius 1 is 1.30 bits per heavy atom. The maximum Gasteiger partial charge on any atom is 0.314 e. The highest BCUT2D eigenvalue weighted by molar-refractivity contribution is 8.13. The highest BCUT2D eigenvalue weighted by Crippen LogP contribution is 2.29. The van der Waals surface area contributed by atoms with Gasteiger partial charge in [0.05, 0.1) is 23.9 Å². The summed E-state index contributed by atoms with van der Waals surface area (Å²) in [7, 11) is 1.32. The first-order chi connectivity index (χ1) is 9.31. The largest absolute Gasteiger partial charge is 0.482 e. The summed E-state index contributed by atoms with van der Waals surface area (Å²) in [5.74, 6) is -1.71. The Morgan fingerprint density at radius 3 is 2.60 bits per heavy atom. The van der Waals surface area contributed by atoms with Crippen LogP contribution in [0.3, 0.4) is 0 Å². The molecule has 7 nitrogen and oxygen atoms in total. The van der Waals surface area contributed by atoms with Crippen LogP contribution in [0.2, 0.25) is 0 Å². The lowest BCUT2D eigenvalue weighted by Crippen LogP contribution is -2.12. The first-order valence-electron chi connectivity index (χ1n) is 5.37. The Labute approximate surface area is 118 Å². The van der Waals surface area contributed by atoms with Crippen LogP contribution in [0.15, 0.2) is 18.2 Å². The van der Waals surface area contributed by atoms with E-state index in [1.54, 1.807) is 0 Å². The van der Waals surface area contributed by atoms with E-state index in [1.165, 1.54) is 6.07 Å². The standard InChI is InChI=1S/C10H11ClFNO6S/c11-20(16,17)7-6-18-4-5-19-10-8(12)2-1-3-9(10)13(14)15/h1-3H,4-7H2. The summed E-state index contributed by atoms with van der Waals surface area (Å²) >= 11 is 0. The summed E-state index contributed by atoms with van der Waals surface area (Å²) in [6.07, 6.45) is 0. The molecule has 0 bridgehead atoms. The van der Waals surface area contributed by atoms with E-state index in [0.29, 0.717) is 0 Å². The average Bonchev–Trinajstić information content (AvgIpc) is 2.33. The van der Waals surface area contributed by atoms with Gasteiger partial charge in [0.2, 0.25) is 14.8 Å². The van der Waals surface area contributed by atoms with Gasteiger partial charge in [0.15, 0.2) is 5.82 Å². The van der Waals surface area contributed by atoms with Crippen LogP contribution < -0.4 is 4.74 Å². The highest BCUT2D eigenvalue weighted by Gasteiger charge is 2.19. The molecule has 20 heavy (non-hydrogen) atoms. The van der Waals surface area contributed by atoms with E-state index in [9.17, 15) is 22.9 Å². The summed E-state index contributed by atoms with van der Waals surface area (Å²) in [4.78, 5) is 9.90. The van der Waals surface area contributed by atoms with Crippen molar-refractivity contribution in [3.05, 3.63) is 34.1 Å². The van der Waals surface area contributed by atoms with E-state index in [-0.39, 0.29) is 25.6 Å². The zero-order valence-electron chi connectivity index (χ0n) is 10.1. The summed E-state index contributed by atoms with van der Waals surface area (Å²) in [5, 5.41) is 10.7. The van der Waals surface area contributed by atoms with Crippen LogP contribution >= 0.6 is 10.7 Å². The second-order valence-electron chi connectivity index (χ2n) is 3.55. The molecule has 0 saturated heterocycles. The van der Waals surface area contributed by atoms with E-state index < -0.39 is 31.2 Å². The van der Waals surface area contributed by atoms with Crippen LogP contribution in [0.25, 0.3) is 0 Å². The second-order valence-corrected chi connectivity index (χ2v) is 6.45. The molecule has 1 rings (SSSR count). The Hall–Kier alpha value is -1.45. The van der Waals surface area contributed by atoms with Gasteiger partial charge in [0, 0.05) is 16.7 Å². The molecule has 0 heterocycles. The molecule has 10 heteroatoms. The number of nitrogens with zero attached hydrogens (tertiary/aromatic N) is 1. The molecule has 0 N–H and O–H groups in total. The normalized spacial score (nSPS) is 11.3. The highest BCUT2D eigenvalue weighted by atomic mass is 35.7. The number of hydrogen-bond donors (Lipinski definition) is 0. The van der Waals surface area contributed by atoms with Crippen molar-refractivity contribution in [2.24, 2.45) is 0 Å². The van der Waals surface area contributed by atoms with Gasteiger partial charge in [-0.15, -0.1) is 0 Å². The summed E-state index contributed by atoms with van der Waals surface area (Å²) in [6.45, 7) is -0.365. The van der Waals surface area contributed by atoms with Crippen molar-refractivity contribution in [2.45, 2.75) is 0 Å².